The van der Waals surface area contributed by atoms with Crippen LogP contribution in [0.1, 0.15) is 39.2 Å². The van der Waals surface area contributed by atoms with Gasteiger partial charge in [-0.1, -0.05) is 35.9 Å². The van der Waals surface area contributed by atoms with Crippen molar-refractivity contribution in [2.75, 3.05) is 18.0 Å². The number of aryl methyl sites for hydroxylation is 1. The van der Waals surface area contributed by atoms with E-state index in [2.05, 4.69) is 27.7 Å². The van der Waals surface area contributed by atoms with Crippen LogP contribution in [0.2, 0.25) is 0 Å². The number of amides is 2. The Morgan fingerprint density at radius 3 is 2.50 bits per heavy atom. The van der Waals surface area contributed by atoms with Crippen molar-refractivity contribution in [2.45, 2.75) is 26.3 Å². The molecule has 1 aliphatic heterocycles. The Bertz CT molecular complexity index is 1100. The first-order chi connectivity index (χ1) is 15.6. The van der Waals surface area contributed by atoms with Crippen molar-refractivity contribution in [1.29, 1.82) is 0 Å². The van der Waals surface area contributed by atoms with E-state index < -0.39 is 0 Å². The standard InChI is InChI=1S/C26H27N3O2S/c1-19-6-4-7-21(16-19)25(30)28-24(17-23-8-5-15-32-23)26(31)27-18-20-9-11-22(12-10-20)29-13-2-3-14-29/h4-12,15-17H,2-3,13-14,18H2,1H3,(H,27,31)(H,28,30)/b24-17-. The zero-order valence-electron chi connectivity index (χ0n) is 18.1. The molecule has 0 unspecified atom stereocenters. The number of anilines is 1. The van der Waals surface area contributed by atoms with E-state index in [1.807, 2.05) is 48.7 Å². The number of carbonyl (C=O) groups is 2. The first-order valence-corrected chi connectivity index (χ1v) is 11.7. The monoisotopic (exact) mass is 445 g/mol. The van der Waals surface area contributed by atoms with Gasteiger partial charge in [-0.05, 0) is 67.1 Å². The lowest BCUT2D eigenvalue weighted by atomic mass is 10.1. The third-order valence-corrected chi connectivity index (χ3v) is 6.28. The number of nitrogens with zero attached hydrogens (tertiary/aromatic N) is 1. The lowest BCUT2D eigenvalue weighted by molar-refractivity contribution is -0.117. The van der Waals surface area contributed by atoms with Crippen molar-refractivity contribution in [2.24, 2.45) is 0 Å². The predicted molar refractivity (Wildman–Crippen MR) is 131 cm³/mol. The number of carbonyl (C=O) groups excluding carboxylic acids is 2. The first kappa shape index (κ1) is 21.8. The van der Waals surface area contributed by atoms with Gasteiger partial charge in [0.25, 0.3) is 11.8 Å². The number of rotatable bonds is 7. The van der Waals surface area contributed by atoms with Gasteiger partial charge in [0, 0.05) is 35.8 Å². The lowest BCUT2D eigenvalue weighted by Crippen LogP contribution is -2.34. The summed E-state index contributed by atoms with van der Waals surface area (Å²) in [5.41, 5.74) is 3.98. The normalized spacial score (nSPS) is 13.8. The lowest BCUT2D eigenvalue weighted by Gasteiger charge is -2.18. The van der Waals surface area contributed by atoms with E-state index in [0.717, 1.165) is 29.1 Å². The topological polar surface area (TPSA) is 61.4 Å². The van der Waals surface area contributed by atoms with Crippen LogP contribution in [0.15, 0.2) is 71.7 Å². The third-order valence-electron chi connectivity index (χ3n) is 5.46. The Kier molecular flexibility index (Phi) is 7.02. The Hall–Kier alpha value is -3.38. The van der Waals surface area contributed by atoms with E-state index in [9.17, 15) is 9.59 Å². The maximum atomic E-state index is 13.0. The molecule has 6 heteroatoms. The van der Waals surface area contributed by atoms with E-state index in [1.54, 1.807) is 18.2 Å². The van der Waals surface area contributed by atoms with Crippen LogP contribution in [0, 0.1) is 6.92 Å². The number of hydrogen-bond donors (Lipinski definition) is 2. The largest absolute Gasteiger partial charge is 0.372 e. The maximum absolute atomic E-state index is 13.0. The third kappa shape index (κ3) is 5.65. The van der Waals surface area contributed by atoms with Crippen LogP contribution in [0.4, 0.5) is 5.69 Å². The summed E-state index contributed by atoms with van der Waals surface area (Å²) in [6.07, 6.45) is 4.20. The number of benzene rings is 2. The average molecular weight is 446 g/mol. The number of nitrogens with one attached hydrogen (secondary N) is 2. The van der Waals surface area contributed by atoms with Crippen molar-refractivity contribution in [1.82, 2.24) is 10.6 Å². The van der Waals surface area contributed by atoms with Crippen LogP contribution in [0.5, 0.6) is 0 Å². The minimum atomic E-state index is -0.317. The zero-order valence-corrected chi connectivity index (χ0v) is 19.0. The molecule has 1 saturated heterocycles. The van der Waals surface area contributed by atoms with Crippen LogP contribution >= 0.6 is 11.3 Å². The molecule has 1 aliphatic rings. The minimum absolute atomic E-state index is 0.229. The molecule has 0 bridgehead atoms. The highest BCUT2D eigenvalue weighted by atomic mass is 32.1. The van der Waals surface area contributed by atoms with Crippen molar-refractivity contribution in [3.8, 4) is 0 Å². The van der Waals surface area contributed by atoms with Crippen LogP contribution < -0.4 is 15.5 Å². The zero-order chi connectivity index (χ0) is 22.3. The molecule has 1 aromatic heterocycles. The van der Waals surface area contributed by atoms with E-state index in [4.69, 9.17) is 0 Å². The Labute approximate surface area is 192 Å². The molecule has 0 saturated carbocycles. The molecule has 2 aromatic carbocycles. The molecule has 5 nitrogen and oxygen atoms in total. The second kappa shape index (κ2) is 10.3. The summed E-state index contributed by atoms with van der Waals surface area (Å²) in [7, 11) is 0. The van der Waals surface area contributed by atoms with Gasteiger partial charge in [0.2, 0.25) is 0 Å². The van der Waals surface area contributed by atoms with Crippen LogP contribution in [0.25, 0.3) is 6.08 Å². The quantitative estimate of drug-likeness (QED) is 0.516. The highest BCUT2D eigenvalue weighted by Crippen LogP contribution is 2.20. The second-order valence-corrected chi connectivity index (χ2v) is 8.92. The molecular formula is C26H27N3O2S. The van der Waals surface area contributed by atoms with Crippen molar-refractivity contribution in [3.63, 3.8) is 0 Å². The van der Waals surface area contributed by atoms with Gasteiger partial charge in [0.1, 0.15) is 5.70 Å². The van der Waals surface area contributed by atoms with Gasteiger partial charge in [-0.2, -0.15) is 0 Å². The molecule has 32 heavy (non-hydrogen) atoms. The molecule has 3 aromatic rings. The van der Waals surface area contributed by atoms with Gasteiger partial charge in [0.05, 0.1) is 0 Å². The van der Waals surface area contributed by atoms with E-state index in [-0.39, 0.29) is 17.5 Å². The van der Waals surface area contributed by atoms with Gasteiger partial charge in [0.15, 0.2) is 0 Å². The summed E-state index contributed by atoms with van der Waals surface area (Å²) in [5, 5.41) is 7.67. The smallest absolute Gasteiger partial charge is 0.268 e. The summed E-state index contributed by atoms with van der Waals surface area (Å²) >= 11 is 1.51. The Morgan fingerprint density at radius 1 is 1.03 bits per heavy atom. The molecule has 2 N–H and O–H groups in total. The molecular weight excluding hydrogens is 418 g/mol. The predicted octanol–water partition coefficient (Wildman–Crippen LogP) is 4.74. The Morgan fingerprint density at radius 2 is 1.81 bits per heavy atom. The summed E-state index contributed by atoms with van der Waals surface area (Å²) in [6.45, 7) is 4.53. The second-order valence-electron chi connectivity index (χ2n) is 7.94. The van der Waals surface area contributed by atoms with Gasteiger partial charge >= 0.3 is 0 Å². The Balaban J connectivity index is 1.43. The molecule has 1 fully saturated rings. The van der Waals surface area contributed by atoms with E-state index >= 15 is 0 Å². The number of thiophene rings is 1. The van der Waals surface area contributed by atoms with Crippen molar-refractivity contribution < 1.29 is 9.59 Å². The van der Waals surface area contributed by atoms with Gasteiger partial charge in [-0.3, -0.25) is 9.59 Å². The van der Waals surface area contributed by atoms with Crippen LogP contribution in [0.3, 0.4) is 0 Å². The molecule has 2 heterocycles. The van der Waals surface area contributed by atoms with E-state index in [0.29, 0.717) is 12.1 Å². The molecule has 0 atom stereocenters. The molecule has 4 rings (SSSR count). The van der Waals surface area contributed by atoms with Gasteiger partial charge in [-0.25, -0.2) is 0 Å². The highest BCUT2D eigenvalue weighted by molar-refractivity contribution is 7.10. The average Bonchev–Trinajstić information content (AvgIpc) is 3.52. The summed E-state index contributed by atoms with van der Waals surface area (Å²) in [4.78, 5) is 29.0. The van der Waals surface area contributed by atoms with E-state index in [1.165, 1.54) is 29.9 Å². The maximum Gasteiger partial charge on any atom is 0.268 e. The van der Waals surface area contributed by atoms with Crippen LogP contribution in [-0.4, -0.2) is 24.9 Å². The fraction of sp³-hybridized carbons (Fsp3) is 0.231. The molecule has 0 radical (unpaired) electrons. The fourth-order valence-electron chi connectivity index (χ4n) is 3.73. The molecule has 164 valence electrons. The van der Waals surface area contributed by atoms with Gasteiger partial charge < -0.3 is 15.5 Å². The van der Waals surface area contributed by atoms with Crippen molar-refractivity contribution >= 4 is 34.9 Å². The first-order valence-electron chi connectivity index (χ1n) is 10.8. The number of hydrogen-bond acceptors (Lipinski definition) is 4. The highest BCUT2D eigenvalue weighted by Gasteiger charge is 2.16. The summed E-state index contributed by atoms with van der Waals surface area (Å²) in [6, 6.07) is 19.4. The summed E-state index contributed by atoms with van der Waals surface area (Å²) in [5.74, 6) is -0.621. The fourth-order valence-corrected chi connectivity index (χ4v) is 4.39. The van der Waals surface area contributed by atoms with Crippen LogP contribution in [-0.2, 0) is 11.3 Å². The minimum Gasteiger partial charge on any atom is -0.372 e. The SMILES string of the molecule is Cc1cccc(C(=O)N/C(=C\c2cccs2)C(=O)NCc2ccc(N3CCCC3)cc2)c1. The molecule has 0 spiro atoms. The van der Waals surface area contributed by atoms with Gasteiger partial charge in [-0.15, -0.1) is 11.3 Å². The molecule has 2 amide bonds. The van der Waals surface area contributed by atoms with Crippen molar-refractivity contribution in [3.05, 3.63) is 93.3 Å². The molecule has 0 aliphatic carbocycles. The summed E-state index contributed by atoms with van der Waals surface area (Å²) < 4.78 is 0.